The predicted molar refractivity (Wildman–Crippen MR) is 155 cm³/mol. The number of benzene rings is 2. The Morgan fingerprint density at radius 2 is 1.73 bits per heavy atom. The molecule has 5 rings (SSSR count). The molecule has 0 aliphatic rings. The maximum absolute atomic E-state index is 13.6. The van der Waals surface area contributed by atoms with Crippen LogP contribution in [0.15, 0.2) is 83.9 Å². The van der Waals surface area contributed by atoms with E-state index in [1.54, 1.807) is 18.3 Å². The number of hydrogen-bond donors (Lipinski definition) is 3. The number of nitrogens with one attached hydrogen (secondary N) is 3. The molecule has 0 saturated heterocycles. The van der Waals surface area contributed by atoms with Crippen LogP contribution in [0, 0.1) is 6.92 Å². The maximum Gasteiger partial charge on any atom is 0.416 e. The summed E-state index contributed by atoms with van der Waals surface area (Å²) in [4.78, 5) is 37.4. The fraction of sp³-hybridized carbons (Fsp3) is 0.167. The zero-order valence-electron chi connectivity index (χ0n) is 23.9. The number of urea groups is 1. The van der Waals surface area contributed by atoms with Crippen LogP contribution in [0.5, 0.6) is 6.01 Å². The van der Waals surface area contributed by atoms with Crippen LogP contribution in [0.2, 0.25) is 0 Å². The molecule has 0 aliphatic carbocycles. The number of alkyl halides is 3. The quantitative estimate of drug-likeness (QED) is 0.195. The SMILES string of the molecule is COc1ncc(-c2ccc(C[n+]3cc(NC(=O)Nc4cc(NC(=O)Cc5cccnc5)cc(C(F)(F)F)c4)on3)cc2)c(C)n1. The van der Waals surface area contributed by atoms with E-state index in [2.05, 4.69) is 36.2 Å². The molecule has 0 saturated carbocycles. The highest BCUT2D eigenvalue weighted by Gasteiger charge is 2.31. The van der Waals surface area contributed by atoms with Gasteiger partial charge in [0.15, 0.2) is 0 Å². The van der Waals surface area contributed by atoms with E-state index in [0.717, 1.165) is 34.5 Å². The number of anilines is 3. The fourth-order valence-electron chi connectivity index (χ4n) is 4.32. The average Bonchev–Trinajstić information content (AvgIpc) is 3.43. The maximum atomic E-state index is 13.6. The molecule has 0 fully saturated rings. The van der Waals surface area contributed by atoms with E-state index in [1.807, 2.05) is 31.2 Å². The summed E-state index contributed by atoms with van der Waals surface area (Å²) in [6.45, 7) is 2.17. The molecule has 0 bridgehead atoms. The van der Waals surface area contributed by atoms with Gasteiger partial charge >= 0.3 is 24.1 Å². The first-order valence-electron chi connectivity index (χ1n) is 13.4. The van der Waals surface area contributed by atoms with Crippen molar-refractivity contribution < 1.29 is 36.7 Å². The zero-order chi connectivity index (χ0) is 32.0. The second-order valence-electron chi connectivity index (χ2n) is 9.78. The number of carbonyl (C=O) groups excluding carboxylic acids is 2. The highest BCUT2D eigenvalue weighted by molar-refractivity contribution is 6.00. The molecule has 12 nitrogen and oxygen atoms in total. The Labute approximate surface area is 254 Å². The van der Waals surface area contributed by atoms with Crippen molar-refractivity contribution in [2.75, 3.05) is 23.1 Å². The largest absolute Gasteiger partial charge is 0.467 e. The molecule has 0 radical (unpaired) electrons. The van der Waals surface area contributed by atoms with Crippen molar-refractivity contribution in [1.29, 1.82) is 0 Å². The molecule has 0 unspecified atom stereocenters. The molecule has 3 heterocycles. The second kappa shape index (κ2) is 13.2. The molecule has 45 heavy (non-hydrogen) atoms. The van der Waals surface area contributed by atoms with Crippen LogP contribution in [0.1, 0.15) is 22.4 Å². The normalized spacial score (nSPS) is 11.1. The molecule has 2 aromatic carbocycles. The number of halogens is 3. The van der Waals surface area contributed by atoms with Crippen LogP contribution in [0.4, 0.5) is 35.2 Å². The number of aryl methyl sites for hydroxylation is 1. The van der Waals surface area contributed by atoms with Crippen molar-refractivity contribution in [2.45, 2.75) is 26.1 Å². The number of pyridine rings is 1. The number of nitrogens with zero attached hydrogens (tertiary/aromatic N) is 5. The van der Waals surface area contributed by atoms with E-state index in [1.165, 1.54) is 36.4 Å². The van der Waals surface area contributed by atoms with E-state index in [4.69, 9.17) is 9.26 Å². The molecule has 5 aromatic rings. The van der Waals surface area contributed by atoms with E-state index in [0.29, 0.717) is 12.1 Å². The van der Waals surface area contributed by atoms with Crippen LogP contribution >= 0.6 is 0 Å². The third kappa shape index (κ3) is 8.16. The topological polar surface area (TPSA) is 148 Å². The van der Waals surface area contributed by atoms with E-state index in [-0.39, 0.29) is 29.7 Å². The van der Waals surface area contributed by atoms with Gasteiger partial charge in [0, 0.05) is 41.1 Å². The summed E-state index contributed by atoms with van der Waals surface area (Å²) < 4.78 is 52.3. The van der Waals surface area contributed by atoms with E-state index in [9.17, 15) is 22.8 Å². The number of methoxy groups -OCH3 is 1. The number of hydrogen-bond acceptors (Lipinski definition) is 8. The summed E-state index contributed by atoms with van der Waals surface area (Å²) in [6, 6.07) is 13.0. The van der Waals surface area contributed by atoms with E-state index >= 15 is 0 Å². The summed E-state index contributed by atoms with van der Waals surface area (Å²) in [5, 5.41) is 11.0. The Bertz CT molecular complexity index is 1810. The summed E-state index contributed by atoms with van der Waals surface area (Å²) >= 11 is 0. The summed E-state index contributed by atoms with van der Waals surface area (Å²) in [5.74, 6) is -0.601. The predicted octanol–water partition coefficient (Wildman–Crippen LogP) is 5.02. The Morgan fingerprint density at radius 1 is 0.978 bits per heavy atom. The van der Waals surface area contributed by atoms with Gasteiger partial charge in [0.25, 0.3) is 6.20 Å². The Hall–Kier alpha value is -5.86. The molecular formula is C30H26F3N8O4+. The minimum atomic E-state index is -4.73. The van der Waals surface area contributed by atoms with Gasteiger partial charge in [0.1, 0.15) is 0 Å². The Morgan fingerprint density at radius 3 is 2.40 bits per heavy atom. The second-order valence-corrected chi connectivity index (χ2v) is 9.78. The van der Waals surface area contributed by atoms with Crippen molar-refractivity contribution >= 4 is 29.2 Å². The molecule has 0 atom stereocenters. The molecule has 0 spiro atoms. The molecule has 3 N–H and O–H groups in total. The van der Waals surface area contributed by atoms with Crippen LogP contribution in [0.3, 0.4) is 0 Å². The monoisotopic (exact) mass is 619 g/mol. The van der Waals surface area contributed by atoms with Gasteiger partial charge in [0.05, 0.1) is 24.8 Å². The number of amides is 3. The highest BCUT2D eigenvalue weighted by Crippen LogP contribution is 2.33. The first-order chi connectivity index (χ1) is 21.6. The van der Waals surface area contributed by atoms with Crippen LogP contribution in [-0.4, -0.2) is 39.3 Å². The van der Waals surface area contributed by atoms with Gasteiger partial charge in [-0.3, -0.25) is 19.6 Å². The van der Waals surface area contributed by atoms with Gasteiger partial charge in [-0.1, -0.05) is 30.3 Å². The molecular weight excluding hydrogens is 593 g/mol. The van der Waals surface area contributed by atoms with Crippen molar-refractivity contribution in [3.05, 3.63) is 102 Å². The number of ether oxygens (including phenoxy) is 1. The summed E-state index contributed by atoms with van der Waals surface area (Å²) in [6.07, 6.45) is 1.30. The third-order valence-electron chi connectivity index (χ3n) is 6.39. The Balaban J connectivity index is 1.21. The van der Waals surface area contributed by atoms with E-state index < -0.39 is 23.7 Å². The highest BCUT2D eigenvalue weighted by atomic mass is 19.4. The smallest absolute Gasteiger partial charge is 0.416 e. The number of carbonyl (C=O) groups is 2. The lowest BCUT2D eigenvalue weighted by molar-refractivity contribution is -0.754. The van der Waals surface area contributed by atoms with Crippen LogP contribution in [0.25, 0.3) is 11.1 Å². The first kappa shape index (κ1) is 30.6. The number of aromatic nitrogens is 5. The standard InChI is InChI=1S/C30H25F3N8O4/c1-18-25(15-35-29(36-18)44-2)21-7-5-19(6-8-21)16-41-17-27(45-40-41)39-28(43)38-24-12-22(30(31,32)33)11-23(13-24)37-26(42)10-20-4-3-9-34-14-20/h3-9,11-15,17H,10,16H2,1-2H3,(H2-,37,38,39,40,42,43)/p+1. The minimum absolute atomic E-state index is 0.0490. The van der Waals surface area contributed by atoms with Crippen molar-refractivity contribution in [3.63, 3.8) is 0 Å². The average molecular weight is 620 g/mol. The summed E-state index contributed by atoms with van der Waals surface area (Å²) in [7, 11) is 1.50. The lowest BCUT2D eigenvalue weighted by Crippen LogP contribution is -2.35. The zero-order valence-corrected chi connectivity index (χ0v) is 23.9. The minimum Gasteiger partial charge on any atom is -0.467 e. The lowest BCUT2D eigenvalue weighted by Gasteiger charge is -2.14. The van der Waals surface area contributed by atoms with Gasteiger partial charge in [-0.25, -0.2) is 9.78 Å². The molecule has 3 aromatic heterocycles. The van der Waals surface area contributed by atoms with Crippen molar-refractivity contribution in [1.82, 2.24) is 20.2 Å². The third-order valence-corrected chi connectivity index (χ3v) is 6.39. The lowest BCUT2D eigenvalue weighted by atomic mass is 10.0. The first-order valence-corrected chi connectivity index (χ1v) is 13.4. The van der Waals surface area contributed by atoms with Gasteiger partial charge in [-0.05, 0) is 47.0 Å². The van der Waals surface area contributed by atoms with Crippen LogP contribution < -0.4 is 25.4 Å². The van der Waals surface area contributed by atoms with Gasteiger partial charge < -0.3 is 15.4 Å². The fourth-order valence-corrected chi connectivity index (χ4v) is 4.32. The number of rotatable bonds is 9. The van der Waals surface area contributed by atoms with Gasteiger partial charge in [-0.15, -0.1) is 0 Å². The van der Waals surface area contributed by atoms with Crippen molar-refractivity contribution in [2.24, 2.45) is 0 Å². The van der Waals surface area contributed by atoms with Gasteiger partial charge in [0.2, 0.25) is 17.7 Å². The van der Waals surface area contributed by atoms with Crippen LogP contribution in [-0.2, 0) is 23.9 Å². The summed E-state index contributed by atoms with van der Waals surface area (Å²) in [5.41, 5.74) is 2.58. The Kier molecular flexibility index (Phi) is 8.97. The molecule has 0 aliphatic heterocycles. The molecule has 3 amide bonds. The van der Waals surface area contributed by atoms with Gasteiger partial charge in [-0.2, -0.15) is 18.2 Å². The van der Waals surface area contributed by atoms with Crippen molar-refractivity contribution in [3.8, 4) is 17.1 Å². The molecule has 230 valence electrons. The molecule has 15 heteroatoms.